The van der Waals surface area contributed by atoms with Gasteiger partial charge in [0.05, 0.1) is 12.6 Å². The third-order valence-electron chi connectivity index (χ3n) is 2.29. The summed E-state index contributed by atoms with van der Waals surface area (Å²) in [5.74, 6) is 1.54. The molecule has 86 valence electrons. The number of nitrogens with one attached hydrogen (secondary N) is 2. The van der Waals surface area contributed by atoms with Gasteiger partial charge in [-0.15, -0.1) is 11.8 Å². The number of benzene rings is 1. The molecule has 0 saturated carbocycles. The lowest BCUT2D eigenvalue weighted by molar-refractivity contribution is -0.136. The third-order valence-corrected chi connectivity index (χ3v) is 3.23. The van der Waals surface area contributed by atoms with Gasteiger partial charge >= 0.3 is 0 Å². The van der Waals surface area contributed by atoms with Crippen LogP contribution in [-0.2, 0) is 16.2 Å². The fourth-order valence-corrected chi connectivity index (χ4v) is 2.34. The van der Waals surface area contributed by atoms with Crippen molar-refractivity contribution in [1.82, 2.24) is 10.8 Å². The lowest BCUT2D eigenvalue weighted by Crippen LogP contribution is -2.41. The van der Waals surface area contributed by atoms with Crippen LogP contribution in [0.4, 0.5) is 0 Å². The summed E-state index contributed by atoms with van der Waals surface area (Å²) in [4.78, 5) is 16.7. The molecule has 2 N–H and O–H groups in total. The summed E-state index contributed by atoms with van der Waals surface area (Å²) in [7, 11) is 0. The minimum Gasteiger partial charge on any atom is -0.296 e. The van der Waals surface area contributed by atoms with Gasteiger partial charge in [0, 0.05) is 11.6 Å². The number of rotatable bonds is 4. The Bertz CT molecular complexity index is 339. The number of hydrogen-bond acceptors (Lipinski definition) is 4. The highest BCUT2D eigenvalue weighted by molar-refractivity contribution is 7.99. The zero-order chi connectivity index (χ0) is 11.2. The van der Waals surface area contributed by atoms with Crippen LogP contribution < -0.4 is 10.8 Å². The van der Waals surface area contributed by atoms with E-state index >= 15 is 0 Å². The summed E-state index contributed by atoms with van der Waals surface area (Å²) in [5.41, 5.74) is 3.50. The van der Waals surface area contributed by atoms with Crippen LogP contribution >= 0.6 is 11.8 Å². The first-order valence-corrected chi connectivity index (χ1v) is 6.28. The highest BCUT2D eigenvalue weighted by atomic mass is 32.2. The average Bonchev–Trinajstić information content (AvgIpc) is 2.84. The van der Waals surface area contributed by atoms with Gasteiger partial charge in [0.25, 0.3) is 5.91 Å². The summed E-state index contributed by atoms with van der Waals surface area (Å²) >= 11 is 1.71. The van der Waals surface area contributed by atoms with Gasteiger partial charge in [-0.3, -0.25) is 14.9 Å². The van der Waals surface area contributed by atoms with Crippen molar-refractivity contribution in [3.05, 3.63) is 35.9 Å². The van der Waals surface area contributed by atoms with Gasteiger partial charge in [-0.05, 0) is 5.56 Å². The van der Waals surface area contributed by atoms with Crippen LogP contribution in [0.3, 0.4) is 0 Å². The Hall–Kier alpha value is -1.04. The average molecular weight is 238 g/mol. The Morgan fingerprint density at radius 1 is 1.50 bits per heavy atom. The van der Waals surface area contributed by atoms with E-state index in [1.54, 1.807) is 11.8 Å². The van der Waals surface area contributed by atoms with Crippen LogP contribution in [0.1, 0.15) is 5.56 Å². The van der Waals surface area contributed by atoms with Crippen LogP contribution in [0.15, 0.2) is 30.3 Å². The molecule has 1 aliphatic heterocycles. The highest BCUT2D eigenvalue weighted by Gasteiger charge is 2.22. The summed E-state index contributed by atoms with van der Waals surface area (Å²) in [6, 6.07) is 9.61. The molecule has 0 aliphatic carbocycles. The van der Waals surface area contributed by atoms with Crippen molar-refractivity contribution >= 4 is 17.7 Å². The first-order valence-electron chi connectivity index (χ1n) is 5.13. The Balaban J connectivity index is 1.70. The Labute approximate surface area is 98.7 Å². The topological polar surface area (TPSA) is 50.4 Å². The van der Waals surface area contributed by atoms with Crippen molar-refractivity contribution in [3.63, 3.8) is 0 Å². The van der Waals surface area contributed by atoms with Crippen molar-refractivity contribution in [1.29, 1.82) is 0 Å². The van der Waals surface area contributed by atoms with Crippen molar-refractivity contribution in [2.75, 3.05) is 11.6 Å². The van der Waals surface area contributed by atoms with Gasteiger partial charge in [-0.1, -0.05) is 30.3 Å². The van der Waals surface area contributed by atoms with Crippen LogP contribution in [0, 0.1) is 0 Å². The van der Waals surface area contributed by atoms with Crippen molar-refractivity contribution in [3.8, 4) is 0 Å². The quantitative estimate of drug-likeness (QED) is 0.765. The second kappa shape index (κ2) is 5.89. The first kappa shape index (κ1) is 11.4. The standard InChI is InChI=1S/C11H14N2O2S/c14-11(10-7-16-8-12-10)13-15-6-9-4-2-1-3-5-9/h1-5,10,12H,6-8H2,(H,13,14). The highest BCUT2D eigenvalue weighted by Crippen LogP contribution is 2.09. The number of amides is 1. The van der Waals surface area contributed by atoms with Gasteiger partial charge in [0.15, 0.2) is 0 Å². The van der Waals surface area contributed by atoms with E-state index in [1.165, 1.54) is 0 Å². The smallest absolute Gasteiger partial charge is 0.261 e. The molecule has 1 unspecified atom stereocenters. The zero-order valence-corrected chi connectivity index (χ0v) is 9.63. The fraction of sp³-hybridized carbons (Fsp3) is 0.364. The second-order valence-electron chi connectivity index (χ2n) is 3.51. The van der Waals surface area contributed by atoms with Gasteiger partial charge in [-0.2, -0.15) is 0 Å². The largest absolute Gasteiger partial charge is 0.296 e. The van der Waals surface area contributed by atoms with E-state index in [0.717, 1.165) is 17.2 Å². The number of thioether (sulfide) groups is 1. The SMILES string of the molecule is O=C(NOCc1ccccc1)C1CSCN1. The molecule has 16 heavy (non-hydrogen) atoms. The van der Waals surface area contributed by atoms with Gasteiger partial charge in [-0.25, -0.2) is 5.48 Å². The van der Waals surface area contributed by atoms with Crippen molar-refractivity contribution < 1.29 is 9.63 Å². The maximum absolute atomic E-state index is 11.5. The fourth-order valence-electron chi connectivity index (χ4n) is 1.40. The maximum atomic E-state index is 11.5. The minimum atomic E-state index is -0.124. The van der Waals surface area contributed by atoms with E-state index in [4.69, 9.17) is 4.84 Å². The summed E-state index contributed by atoms with van der Waals surface area (Å²) in [6.07, 6.45) is 0. The number of hydrogen-bond donors (Lipinski definition) is 2. The lowest BCUT2D eigenvalue weighted by Gasteiger charge is -2.10. The molecule has 1 saturated heterocycles. The van der Waals surface area contributed by atoms with Crippen molar-refractivity contribution in [2.45, 2.75) is 12.6 Å². The molecule has 1 atom stereocenters. The van der Waals surface area contributed by atoms with Crippen molar-refractivity contribution in [2.24, 2.45) is 0 Å². The predicted molar refractivity (Wildman–Crippen MR) is 63.6 cm³/mol. The molecule has 0 aromatic heterocycles. The summed E-state index contributed by atoms with van der Waals surface area (Å²) < 4.78 is 0. The van der Waals surface area contributed by atoms with Gasteiger partial charge in [0.1, 0.15) is 0 Å². The molecule has 1 aromatic rings. The molecule has 1 aromatic carbocycles. The van der Waals surface area contributed by atoms with E-state index in [2.05, 4.69) is 10.8 Å². The molecule has 1 fully saturated rings. The maximum Gasteiger partial charge on any atom is 0.261 e. The first-order chi connectivity index (χ1) is 7.86. The molecule has 1 aliphatic rings. The Kier molecular flexibility index (Phi) is 4.21. The molecule has 0 radical (unpaired) electrons. The molecule has 4 nitrogen and oxygen atoms in total. The molecule has 1 heterocycles. The van der Waals surface area contributed by atoms with Crippen LogP contribution in [0.2, 0.25) is 0 Å². The third kappa shape index (κ3) is 3.23. The molecule has 0 bridgehead atoms. The monoisotopic (exact) mass is 238 g/mol. The van der Waals surface area contributed by atoms with Crippen LogP contribution in [0.5, 0.6) is 0 Å². The van der Waals surface area contributed by atoms with E-state index < -0.39 is 0 Å². The Morgan fingerprint density at radius 3 is 3.00 bits per heavy atom. The van der Waals surface area contributed by atoms with E-state index in [9.17, 15) is 4.79 Å². The molecule has 5 heteroatoms. The number of carbonyl (C=O) groups excluding carboxylic acids is 1. The molecular formula is C11H14N2O2S. The molecular weight excluding hydrogens is 224 g/mol. The number of hydroxylamine groups is 1. The Morgan fingerprint density at radius 2 is 2.31 bits per heavy atom. The van der Waals surface area contributed by atoms with Gasteiger partial charge in [0.2, 0.25) is 0 Å². The minimum absolute atomic E-state index is 0.0964. The van der Waals surface area contributed by atoms with E-state index in [0.29, 0.717) is 6.61 Å². The normalized spacial score (nSPS) is 19.6. The predicted octanol–water partition coefficient (Wildman–Crippen LogP) is 0.897. The molecule has 1 amide bonds. The van der Waals surface area contributed by atoms with E-state index in [1.807, 2.05) is 30.3 Å². The second-order valence-corrected chi connectivity index (χ2v) is 4.54. The lowest BCUT2D eigenvalue weighted by atomic mass is 10.2. The van der Waals surface area contributed by atoms with Crippen LogP contribution in [0.25, 0.3) is 0 Å². The number of carbonyl (C=O) groups is 1. The molecule has 0 spiro atoms. The van der Waals surface area contributed by atoms with Gasteiger partial charge < -0.3 is 0 Å². The van der Waals surface area contributed by atoms with E-state index in [-0.39, 0.29) is 11.9 Å². The summed E-state index contributed by atoms with van der Waals surface area (Å²) in [5, 5.41) is 3.08. The zero-order valence-electron chi connectivity index (χ0n) is 8.81. The summed E-state index contributed by atoms with van der Waals surface area (Å²) in [6.45, 7) is 0.395. The molecule has 2 rings (SSSR count). The van der Waals surface area contributed by atoms with Crippen LogP contribution in [-0.4, -0.2) is 23.6 Å².